The summed E-state index contributed by atoms with van der Waals surface area (Å²) in [6.07, 6.45) is 6.59. The lowest BCUT2D eigenvalue weighted by Crippen LogP contribution is -2.51. The molecule has 0 saturated heterocycles. The summed E-state index contributed by atoms with van der Waals surface area (Å²) in [5.41, 5.74) is 1.87. The van der Waals surface area contributed by atoms with Crippen molar-refractivity contribution in [2.75, 3.05) is 5.32 Å². The number of aryl methyl sites for hydroxylation is 1. The third-order valence-electron chi connectivity index (χ3n) is 9.99. The van der Waals surface area contributed by atoms with Gasteiger partial charge in [-0.15, -0.1) is 0 Å². The summed E-state index contributed by atoms with van der Waals surface area (Å²) in [7, 11) is -4.33. The van der Waals surface area contributed by atoms with Crippen LogP contribution in [0.3, 0.4) is 0 Å². The van der Waals surface area contributed by atoms with Crippen LogP contribution in [-0.4, -0.2) is 44.0 Å². The maximum absolute atomic E-state index is 15.6. The molecule has 0 spiro atoms. The molecule has 9 nitrogen and oxygen atoms in total. The van der Waals surface area contributed by atoms with Crippen LogP contribution in [0, 0.1) is 36.3 Å². The molecule has 2 N–H and O–H groups in total. The Hall–Kier alpha value is -5.10. The minimum Gasteiger partial charge on any atom is -0.481 e. The van der Waals surface area contributed by atoms with E-state index in [-0.39, 0.29) is 45.1 Å². The first-order valence-corrected chi connectivity index (χ1v) is 17.3. The minimum atomic E-state index is -4.33. The number of carboxylic acid groups (broad SMARTS) is 1. The molecule has 12 heteroatoms. The molecule has 2 atom stereocenters. The summed E-state index contributed by atoms with van der Waals surface area (Å²) >= 11 is 0. The zero-order valence-corrected chi connectivity index (χ0v) is 26.7. The van der Waals surface area contributed by atoms with Gasteiger partial charge in [-0.2, -0.15) is 0 Å². The van der Waals surface area contributed by atoms with Crippen LogP contribution < -0.4 is 5.32 Å². The monoisotopic (exact) mass is 667 g/mol. The molecule has 9 rings (SSSR count). The first kappa shape index (κ1) is 30.2. The molecule has 48 heavy (non-hydrogen) atoms. The fourth-order valence-electron chi connectivity index (χ4n) is 7.65. The highest BCUT2D eigenvalue weighted by atomic mass is 32.2. The van der Waals surface area contributed by atoms with Crippen LogP contribution >= 0.6 is 0 Å². The molecule has 3 aliphatic rings. The second-order valence-electron chi connectivity index (χ2n) is 12.8. The number of anilines is 1. The predicted octanol–water partition coefficient (Wildman–Crippen LogP) is 7.17. The number of nitrogens with one attached hydrogen (secondary N) is 1. The van der Waals surface area contributed by atoms with Gasteiger partial charge in [-0.05, 0) is 80.8 Å². The lowest BCUT2D eigenvalue weighted by Gasteiger charge is -2.47. The predicted molar refractivity (Wildman–Crippen MR) is 177 cm³/mol. The van der Waals surface area contributed by atoms with Gasteiger partial charge in [0.2, 0.25) is 0 Å². The van der Waals surface area contributed by atoms with Crippen molar-refractivity contribution in [3.63, 3.8) is 0 Å². The van der Waals surface area contributed by atoms with E-state index in [2.05, 4.69) is 5.32 Å². The van der Waals surface area contributed by atoms with E-state index in [1.165, 1.54) is 18.3 Å². The van der Waals surface area contributed by atoms with Crippen molar-refractivity contribution in [1.82, 2.24) is 18.5 Å². The summed E-state index contributed by atoms with van der Waals surface area (Å²) in [6, 6.07) is 18.8. The maximum Gasteiger partial charge on any atom is 0.308 e. The molecule has 6 aromatic rings. The second kappa shape index (κ2) is 11.3. The number of carbonyl (C=O) groups is 1. The lowest BCUT2D eigenvalue weighted by molar-refractivity contribution is -0.148. The van der Waals surface area contributed by atoms with E-state index in [1.54, 1.807) is 12.1 Å². The molecule has 0 amide bonds. The van der Waals surface area contributed by atoms with Crippen molar-refractivity contribution < 1.29 is 27.1 Å². The molecular formula is C36H31F2N5O4S. The molecule has 244 valence electrons. The average Bonchev–Trinajstić information content (AvgIpc) is 3.69. The quantitative estimate of drug-likeness (QED) is 0.185. The molecule has 3 heterocycles. The third kappa shape index (κ3) is 4.85. The summed E-state index contributed by atoms with van der Waals surface area (Å²) < 4.78 is 61.0. The SMILES string of the molecule is Cc1ccc(S(=O)(=O)n2cc(-c3nc(NC4C5CCC(CC5)C4C(=O)O)c4ccn(-c5ccccc5)c4n3)c3cc(F)cc(F)c32)cc1. The molecule has 0 radical (unpaired) electrons. The zero-order chi connectivity index (χ0) is 33.3. The summed E-state index contributed by atoms with van der Waals surface area (Å²) in [5.74, 6) is -2.83. The second-order valence-corrected chi connectivity index (χ2v) is 14.6. The number of benzene rings is 3. The van der Waals surface area contributed by atoms with Crippen molar-refractivity contribution in [2.24, 2.45) is 17.8 Å². The van der Waals surface area contributed by atoms with Gasteiger partial charge in [-0.25, -0.2) is 31.1 Å². The van der Waals surface area contributed by atoms with Gasteiger partial charge in [0, 0.05) is 41.1 Å². The standard InChI is InChI=1S/C36H31F2N5O4S/c1-20-7-13-25(14-8-20)48(46,47)43-19-28(27-17-23(37)18-29(38)32(27)43)34-40-33(39-31-22-11-9-21(10-12-22)30(31)36(44)45)26-15-16-42(35(26)41-34)24-5-3-2-4-6-24/h2-8,13-19,21-22,30-31H,9-12H2,1H3,(H,44,45)(H,39,40,41). The minimum absolute atomic E-state index is 0.0218. The van der Waals surface area contributed by atoms with E-state index >= 15 is 4.39 Å². The van der Waals surface area contributed by atoms with Crippen LogP contribution in [0.15, 0.2) is 90.1 Å². The Bertz CT molecular complexity index is 2330. The van der Waals surface area contributed by atoms with Gasteiger partial charge < -0.3 is 15.0 Å². The van der Waals surface area contributed by atoms with E-state index in [9.17, 15) is 22.7 Å². The third-order valence-corrected chi connectivity index (χ3v) is 11.7. The number of hydrogen-bond acceptors (Lipinski definition) is 6. The normalized spacial score (nSPS) is 20.8. The van der Waals surface area contributed by atoms with Crippen molar-refractivity contribution in [2.45, 2.75) is 43.5 Å². The molecule has 0 aliphatic heterocycles. The van der Waals surface area contributed by atoms with Crippen molar-refractivity contribution in [3.8, 4) is 17.1 Å². The Morgan fingerprint density at radius 2 is 1.62 bits per heavy atom. The molecule has 3 fully saturated rings. The van der Waals surface area contributed by atoms with Crippen LogP contribution in [-0.2, 0) is 14.8 Å². The average molecular weight is 668 g/mol. The summed E-state index contributed by atoms with van der Waals surface area (Å²) in [6.45, 7) is 1.82. The van der Waals surface area contributed by atoms with Crippen molar-refractivity contribution in [3.05, 3.63) is 102 Å². The fraction of sp³-hybridized carbons (Fsp3) is 0.250. The topological polar surface area (TPSA) is 119 Å². The highest BCUT2D eigenvalue weighted by Crippen LogP contribution is 2.47. The fourth-order valence-corrected chi connectivity index (χ4v) is 9.03. The molecule has 3 saturated carbocycles. The number of aromatic nitrogens is 4. The van der Waals surface area contributed by atoms with Crippen molar-refractivity contribution in [1.29, 1.82) is 0 Å². The number of hydrogen-bond donors (Lipinski definition) is 2. The van der Waals surface area contributed by atoms with Gasteiger partial charge in [0.05, 0.1) is 16.2 Å². The molecule has 2 bridgehead atoms. The first-order valence-electron chi connectivity index (χ1n) is 15.9. The molecule has 3 aromatic heterocycles. The first-order chi connectivity index (χ1) is 23.1. The Morgan fingerprint density at radius 1 is 0.917 bits per heavy atom. The van der Waals surface area contributed by atoms with Gasteiger partial charge >= 0.3 is 5.97 Å². The highest BCUT2D eigenvalue weighted by Gasteiger charge is 2.47. The van der Waals surface area contributed by atoms with Gasteiger partial charge in [0.25, 0.3) is 10.0 Å². The van der Waals surface area contributed by atoms with Crippen LogP contribution in [0.5, 0.6) is 0 Å². The molecule has 3 aliphatic carbocycles. The number of rotatable bonds is 7. The van der Waals surface area contributed by atoms with E-state index in [4.69, 9.17) is 9.97 Å². The summed E-state index contributed by atoms with van der Waals surface area (Å²) in [5, 5.41) is 14.3. The van der Waals surface area contributed by atoms with Crippen LogP contribution in [0.4, 0.5) is 14.6 Å². The maximum atomic E-state index is 15.6. The Labute approximate surface area is 274 Å². The lowest BCUT2D eigenvalue weighted by atomic mass is 9.61. The molecule has 3 aromatic carbocycles. The molecular weight excluding hydrogens is 636 g/mol. The summed E-state index contributed by atoms with van der Waals surface area (Å²) in [4.78, 5) is 22.2. The number of nitrogens with zero attached hydrogens (tertiary/aromatic N) is 4. The number of halogens is 2. The van der Waals surface area contributed by atoms with E-state index < -0.39 is 33.5 Å². The number of aliphatic carboxylic acids is 1. The van der Waals surface area contributed by atoms with Gasteiger partial charge in [-0.3, -0.25) is 4.79 Å². The number of carboxylic acids is 1. The van der Waals surface area contributed by atoms with Crippen LogP contribution in [0.2, 0.25) is 0 Å². The van der Waals surface area contributed by atoms with Crippen LogP contribution in [0.25, 0.3) is 39.0 Å². The smallest absolute Gasteiger partial charge is 0.308 e. The zero-order valence-electron chi connectivity index (χ0n) is 25.8. The van der Waals surface area contributed by atoms with E-state index in [0.717, 1.165) is 47.0 Å². The number of fused-ring (bicyclic) bond motifs is 5. The Kier molecular flexibility index (Phi) is 7.09. The highest BCUT2D eigenvalue weighted by molar-refractivity contribution is 7.90. The molecule has 2 unspecified atom stereocenters. The largest absolute Gasteiger partial charge is 0.481 e. The van der Waals surface area contributed by atoms with Gasteiger partial charge in [-0.1, -0.05) is 35.9 Å². The van der Waals surface area contributed by atoms with E-state index in [1.807, 2.05) is 54.1 Å². The van der Waals surface area contributed by atoms with Gasteiger partial charge in [0.15, 0.2) is 17.3 Å². The Morgan fingerprint density at radius 3 is 2.33 bits per heavy atom. The van der Waals surface area contributed by atoms with Gasteiger partial charge in [0.1, 0.15) is 17.2 Å². The number of para-hydroxylation sites is 1. The van der Waals surface area contributed by atoms with E-state index in [0.29, 0.717) is 22.9 Å². The van der Waals surface area contributed by atoms with Crippen molar-refractivity contribution >= 4 is 43.7 Å². The Balaban J connectivity index is 1.36. The van der Waals surface area contributed by atoms with Crippen LogP contribution in [0.1, 0.15) is 31.2 Å².